The lowest BCUT2D eigenvalue weighted by atomic mass is 10.00. The number of rotatable bonds is 3. The molecule has 0 saturated heterocycles. The first kappa shape index (κ1) is 18.3. The van der Waals surface area contributed by atoms with Crippen molar-refractivity contribution in [2.45, 2.75) is 20.0 Å². The molecule has 0 fully saturated rings. The smallest absolute Gasteiger partial charge is 0.271 e. The molecule has 0 radical (unpaired) electrons. The summed E-state index contributed by atoms with van der Waals surface area (Å²) in [5.41, 5.74) is 3.62. The SMILES string of the molecule is Cc1c2ccnc(C(=O)NC(C)N(C)C)c2cc2c3cc(O)ccc3n(C)c12. The molecular formula is C22H24N4O2. The number of carbonyl (C=O) groups excluding carboxylic acids is 1. The van der Waals surface area contributed by atoms with E-state index in [4.69, 9.17) is 0 Å². The van der Waals surface area contributed by atoms with Crippen LogP contribution in [0.1, 0.15) is 23.0 Å². The van der Waals surface area contributed by atoms with Crippen LogP contribution in [0.4, 0.5) is 0 Å². The van der Waals surface area contributed by atoms with E-state index < -0.39 is 0 Å². The van der Waals surface area contributed by atoms with Crippen molar-refractivity contribution in [3.63, 3.8) is 0 Å². The second-order valence-corrected chi connectivity index (χ2v) is 7.53. The average molecular weight is 376 g/mol. The predicted molar refractivity (Wildman–Crippen MR) is 113 cm³/mol. The lowest BCUT2D eigenvalue weighted by Crippen LogP contribution is -2.42. The predicted octanol–water partition coefficient (Wildman–Crippen LogP) is 3.53. The molecule has 0 aliphatic carbocycles. The fourth-order valence-electron chi connectivity index (χ4n) is 3.85. The van der Waals surface area contributed by atoms with Gasteiger partial charge in [-0.15, -0.1) is 0 Å². The highest BCUT2D eigenvalue weighted by atomic mass is 16.3. The molecule has 6 heteroatoms. The summed E-state index contributed by atoms with van der Waals surface area (Å²) in [5, 5.41) is 16.7. The van der Waals surface area contributed by atoms with Gasteiger partial charge < -0.3 is 15.0 Å². The molecule has 0 aliphatic rings. The van der Waals surface area contributed by atoms with Gasteiger partial charge in [0.2, 0.25) is 0 Å². The van der Waals surface area contributed by atoms with Crippen molar-refractivity contribution in [1.29, 1.82) is 0 Å². The van der Waals surface area contributed by atoms with Crippen LogP contribution in [-0.4, -0.2) is 45.7 Å². The number of aryl methyl sites for hydroxylation is 2. The van der Waals surface area contributed by atoms with E-state index in [1.165, 1.54) is 0 Å². The lowest BCUT2D eigenvalue weighted by Gasteiger charge is -2.21. The number of benzene rings is 2. The van der Waals surface area contributed by atoms with Crippen LogP contribution in [0.2, 0.25) is 0 Å². The maximum atomic E-state index is 12.9. The van der Waals surface area contributed by atoms with Crippen molar-refractivity contribution in [3.8, 4) is 5.75 Å². The molecule has 0 saturated carbocycles. The molecule has 28 heavy (non-hydrogen) atoms. The maximum Gasteiger partial charge on any atom is 0.271 e. The fourth-order valence-corrected chi connectivity index (χ4v) is 3.85. The Kier molecular flexibility index (Phi) is 4.23. The highest BCUT2D eigenvalue weighted by Crippen LogP contribution is 2.36. The monoisotopic (exact) mass is 376 g/mol. The van der Waals surface area contributed by atoms with Crippen molar-refractivity contribution in [1.82, 2.24) is 19.8 Å². The Morgan fingerprint density at radius 1 is 1.14 bits per heavy atom. The van der Waals surface area contributed by atoms with Gasteiger partial charge in [0.25, 0.3) is 5.91 Å². The summed E-state index contributed by atoms with van der Waals surface area (Å²) in [4.78, 5) is 19.2. The molecule has 0 aliphatic heterocycles. The van der Waals surface area contributed by atoms with Crippen molar-refractivity contribution in [2.75, 3.05) is 14.1 Å². The van der Waals surface area contributed by atoms with E-state index in [2.05, 4.69) is 21.8 Å². The number of aromatic hydroxyl groups is 1. The molecule has 4 rings (SSSR count). The minimum absolute atomic E-state index is 0.108. The van der Waals surface area contributed by atoms with Gasteiger partial charge >= 0.3 is 0 Å². The lowest BCUT2D eigenvalue weighted by molar-refractivity contribution is 0.0897. The maximum absolute atomic E-state index is 12.9. The van der Waals surface area contributed by atoms with E-state index in [0.29, 0.717) is 5.69 Å². The number of pyridine rings is 1. The Morgan fingerprint density at radius 3 is 2.61 bits per heavy atom. The number of nitrogens with one attached hydrogen (secondary N) is 1. The highest BCUT2D eigenvalue weighted by molar-refractivity contribution is 6.17. The number of hydrogen-bond donors (Lipinski definition) is 2. The molecule has 1 atom stereocenters. The van der Waals surface area contributed by atoms with E-state index in [-0.39, 0.29) is 17.8 Å². The second kappa shape index (κ2) is 6.49. The summed E-state index contributed by atoms with van der Waals surface area (Å²) < 4.78 is 2.13. The number of nitrogens with zero attached hydrogens (tertiary/aromatic N) is 3. The summed E-state index contributed by atoms with van der Waals surface area (Å²) in [6, 6.07) is 9.35. The van der Waals surface area contributed by atoms with Crippen molar-refractivity contribution >= 4 is 38.5 Å². The molecule has 6 nitrogen and oxygen atoms in total. The standard InChI is InChI=1S/C22H24N4O2/c1-12-15-8-9-23-20(22(28)24-13(2)25(3)4)17(15)11-18-16-10-14(27)6-7-19(16)26(5)21(12)18/h6-11,13,27H,1-5H3,(H,24,28). The number of phenolic OH excluding ortho intramolecular Hbond substituents is 1. The molecule has 0 bridgehead atoms. The number of fused-ring (bicyclic) bond motifs is 4. The number of phenols is 1. The minimum atomic E-state index is -0.200. The van der Waals surface area contributed by atoms with E-state index in [0.717, 1.165) is 38.1 Å². The van der Waals surface area contributed by atoms with Crippen LogP contribution < -0.4 is 5.32 Å². The van der Waals surface area contributed by atoms with Gasteiger partial charge in [-0.2, -0.15) is 0 Å². The number of amides is 1. The molecule has 0 spiro atoms. The van der Waals surface area contributed by atoms with Gasteiger partial charge in [0.05, 0.1) is 11.7 Å². The summed E-state index contributed by atoms with van der Waals surface area (Å²) >= 11 is 0. The number of aromatic nitrogens is 2. The van der Waals surface area contributed by atoms with Crippen molar-refractivity contribution < 1.29 is 9.90 Å². The van der Waals surface area contributed by atoms with E-state index >= 15 is 0 Å². The molecule has 4 aromatic rings. The van der Waals surface area contributed by atoms with E-state index in [1.807, 2.05) is 51.2 Å². The molecule has 2 aromatic carbocycles. The molecule has 1 amide bonds. The van der Waals surface area contributed by atoms with Crippen molar-refractivity contribution in [3.05, 3.63) is 47.8 Å². The first-order valence-corrected chi connectivity index (χ1v) is 9.26. The molecule has 144 valence electrons. The fraction of sp³-hybridized carbons (Fsp3) is 0.273. The average Bonchev–Trinajstić information content (AvgIpc) is 2.93. The first-order chi connectivity index (χ1) is 13.3. The molecule has 2 heterocycles. The number of hydrogen-bond acceptors (Lipinski definition) is 4. The Labute approximate surface area is 163 Å². The van der Waals surface area contributed by atoms with E-state index in [9.17, 15) is 9.90 Å². The highest BCUT2D eigenvalue weighted by Gasteiger charge is 2.19. The quantitative estimate of drug-likeness (QED) is 0.537. The van der Waals surface area contributed by atoms with Crippen LogP contribution in [0, 0.1) is 6.92 Å². The third-order valence-corrected chi connectivity index (χ3v) is 5.59. The van der Waals surface area contributed by atoms with E-state index in [1.54, 1.807) is 18.3 Å². The van der Waals surface area contributed by atoms with Crippen LogP contribution in [0.3, 0.4) is 0 Å². The molecular weight excluding hydrogens is 352 g/mol. The van der Waals surface area contributed by atoms with Gasteiger partial charge in [-0.05, 0) is 69.2 Å². The first-order valence-electron chi connectivity index (χ1n) is 9.26. The number of carbonyl (C=O) groups is 1. The van der Waals surface area contributed by atoms with Crippen molar-refractivity contribution in [2.24, 2.45) is 7.05 Å². The summed E-state index contributed by atoms with van der Waals surface area (Å²) in [7, 11) is 5.85. The molecule has 2 aromatic heterocycles. The topological polar surface area (TPSA) is 70.4 Å². The Hall–Kier alpha value is -3.12. The van der Waals surface area contributed by atoms with Gasteiger partial charge in [-0.3, -0.25) is 14.7 Å². The summed E-state index contributed by atoms with van der Waals surface area (Å²) in [6.07, 6.45) is 1.58. The Bertz CT molecular complexity index is 1240. The molecule has 2 N–H and O–H groups in total. The largest absolute Gasteiger partial charge is 0.508 e. The zero-order valence-electron chi connectivity index (χ0n) is 16.7. The van der Waals surface area contributed by atoms with Crippen LogP contribution in [0.5, 0.6) is 5.75 Å². The van der Waals surface area contributed by atoms with Crippen LogP contribution in [-0.2, 0) is 7.05 Å². The summed E-state index contributed by atoms with van der Waals surface area (Å²) in [6.45, 7) is 3.99. The molecule has 1 unspecified atom stereocenters. The van der Waals surface area contributed by atoms with Gasteiger partial charge in [0.15, 0.2) is 0 Å². The van der Waals surface area contributed by atoms with Gasteiger partial charge in [0.1, 0.15) is 11.4 Å². The Balaban J connectivity index is 2.02. The third kappa shape index (κ3) is 2.68. The normalized spacial score (nSPS) is 12.9. The third-order valence-electron chi connectivity index (χ3n) is 5.59. The zero-order chi connectivity index (χ0) is 20.2. The van der Waals surface area contributed by atoms with Crippen LogP contribution >= 0.6 is 0 Å². The van der Waals surface area contributed by atoms with Crippen LogP contribution in [0.15, 0.2) is 36.5 Å². The van der Waals surface area contributed by atoms with Gasteiger partial charge in [-0.1, -0.05) is 0 Å². The zero-order valence-corrected chi connectivity index (χ0v) is 16.7. The van der Waals surface area contributed by atoms with Gasteiger partial charge in [0, 0.05) is 34.9 Å². The summed E-state index contributed by atoms with van der Waals surface area (Å²) in [5.74, 6) is 0.0235. The van der Waals surface area contributed by atoms with Crippen LogP contribution in [0.25, 0.3) is 32.6 Å². The second-order valence-electron chi connectivity index (χ2n) is 7.53. The Morgan fingerprint density at radius 2 is 1.89 bits per heavy atom. The van der Waals surface area contributed by atoms with Gasteiger partial charge in [-0.25, -0.2) is 0 Å². The minimum Gasteiger partial charge on any atom is -0.508 e.